The van der Waals surface area contributed by atoms with Crippen LogP contribution in [0.5, 0.6) is 0 Å². The van der Waals surface area contributed by atoms with Crippen molar-refractivity contribution in [2.24, 2.45) is 0 Å². The lowest BCUT2D eigenvalue weighted by atomic mass is 10.1. The zero-order valence-electron chi connectivity index (χ0n) is 11.3. The van der Waals surface area contributed by atoms with Crippen LogP contribution in [0.25, 0.3) is 0 Å². The molecule has 0 aliphatic carbocycles. The van der Waals surface area contributed by atoms with E-state index >= 15 is 0 Å². The molecule has 1 aliphatic rings. The van der Waals surface area contributed by atoms with Gasteiger partial charge in [0.1, 0.15) is 4.90 Å². The zero-order chi connectivity index (χ0) is 14.9. The number of halogens is 4. The highest BCUT2D eigenvalue weighted by atomic mass is 35.5. The van der Waals surface area contributed by atoms with E-state index in [2.05, 4.69) is 5.32 Å². The van der Waals surface area contributed by atoms with Crippen molar-refractivity contribution in [1.29, 1.82) is 0 Å². The molecule has 0 spiro atoms. The lowest BCUT2D eigenvalue weighted by Crippen LogP contribution is -2.43. The summed E-state index contributed by atoms with van der Waals surface area (Å²) in [7, 11) is -2.34. The van der Waals surface area contributed by atoms with Gasteiger partial charge < -0.3 is 5.32 Å². The molecule has 0 bridgehead atoms. The van der Waals surface area contributed by atoms with Gasteiger partial charge in [0.05, 0.1) is 10.0 Å². The highest BCUT2D eigenvalue weighted by Gasteiger charge is 2.31. The number of hydrogen-bond donors (Lipinski definition) is 1. The molecule has 0 saturated carbocycles. The second kappa shape index (κ2) is 7.44. The van der Waals surface area contributed by atoms with Crippen LogP contribution in [0, 0.1) is 5.82 Å². The third-order valence-electron chi connectivity index (χ3n) is 3.48. The summed E-state index contributed by atoms with van der Waals surface area (Å²) in [6.07, 6.45) is 1.42. The molecule has 1 aromatic carbocycles. The van der Waals surface area contributed by atoms with Gasteiger partial charge in [-0.05, 0) is 38.1 Å². The molecule has 0 radical (unpaired) electrons. The quantitative estimate of drug-likeness (QED) is 0.824. The largest absolute Gasteiger partial charge is 0.317 e. The monoisotopic (exact) mass is 376 g/mol. The zero-order valence-corrected chi connectivity index (χ0v) is 14.4. The molecule has 1 heterocycles. The Hall–Kier alpha value is -0.110. The van der Waals surface area contributed by atoms with Crippen LogP contribution in [-0.2, 0) is 10.0 Å². The summed E-state index contributed by atoms with van der Waals surface area (Å²) < 4.78 is 40.0. The Morgan fingerprint density at radius 2 is 1.86 bits per heavy atom. The van der Waals surface area contributed by atoms with Crippen LogP contribution in [0.4, 0.5) is 4.39 Å². The normalized spacial score (nSPS) is 16.8. The topological polar surface area (TPSA) is 49.4 Å². The standard InChI is InChI=1S/C12H15Cl2FN2O2S.ClH/c1-17(8-4-6-16-7-5-8)20(18,19)10-3-2-9(13)12(15)11(10)14;/h2-3,8,16H,4-7H2,1H3;1H. The SMILES string of the molecule is CN(C1CCNCC1)S(=O)(=O)c1ccc(Cl)c(F)c1Cl.Cl. The highest BCUT2D eigenvalue weighted by molar-refractivity contribution is 7.89. The average molecular weight is 378 g/mol. The average Bonchev–Trinajstić information content (AvgIpc) is 2.44. The van der Waals surface area contributed by atoms with Crippen molar-refractivity contribution in [2.45, 2.75) is 23.8 Å². The second-order valence-electron chi connectivity index (χ2n) is 4.68. The molecule has 1 aromatic rings. The maximum Gasteiger partial charge on any atom is 0.244 e. The van der Waals surface area contributed by atoms with E-state index in [1.54, 1.807) is 0 Å². The third kappa shape index (κ3) is 3.81. The Labute approximate surface area is 140 Å². The van der Waals surface area contributed by atoms with Gasteiger partial charge in [-0.15, -0.1) is 12.4 Å². The number of nitrogens with zero attached hydrogens (tertiary/aromatic N) is 1. The first-order valence-electron chi connectivity index (χ1n) is 6.18. The van der Waals surface area contributed by atoms with Crippen molar-refractivity contribution < 1.29 is 12.8 Å². The fourth-order valence-electron chi connectivity index (χ4n) is 2.23. The number of hydrogen-bond acceptors (Lipinski definition) is 3. The summed E-state index contributed by atoms with van der Waals surface area (Å²) in [6.45, 7) is 1.51. The van der Waals surface area contributed by atoms with Crippen LogP contribution in [0.3, 0.4) is 0 Å². The summed E-state index contributed by atoms with van der Waals surface area (Å²) in [5, 5.41) is 2.51. The molecule has 0 amide bonds. The number of nitrogens with one attached hydrogen (secondary N) is 1. The Morgan fingerprint density at radius 1 is 1.29 bits per heavy atom. The van der Waals surface area contributed by atoms with Gasteiger partial charge in [-0.25, -0.2) is 12.8 Å². The van der Waals surface area contributed by atoms with Crippen molar-refractivity contribution in [2.75, 3.05) is 20.1 Å². The van der Waals surface area contributed by atoms with Gasteiger partial charge in [0.2, 0.25) is 10.0 Å². The molecule has 1 aliphatic heterocycles. The summed E-state index contributed by atoms with van der Waals surface area (Å²) in [4.78, 5) is -0.248. The summed E-state index contributed by atoms with van der Waals surface area (Å²) in [6, 6.07) is 2.32. The van der Waals surface area contributed by atoms with Crippen LogP contribution >= 0.6 is 35.6 Å². The van der Waals surface area contributed by atoms with Gasteiger partial charge in [0, 0.05) is 13.1 Å². The first-order chi connectivity index (χ1) is 9.35. The fraction of sp³-hybridized carbons (Fsp3) is 0.500. The van der Waals surface area contributed by atoms with Crippen molar-refractivity contribution >= 4 is 45.6 Å². The first kappa shape index (κ1) is 18.9. The van der Waals surface area contributed by atoms with Gasteiger partial charge in [-0.2, -0.15) is 4.31 Å². The lowest BCUT2D eigenvalue weighted by Gasteiger charge is -2.31. The van der Waals surface area contributed by atoms with E-state index in [0.29, 0.717) is 12.8 Å². The van der Waals surface area contributed by atoms with Crippen molar-refractivity contribution in [3.8, 4) is 0 Å². The number of piperidine rings is 1. The van der Waals surface area contributed by atoms with E-state index in [9.17, 15) is 12.8 Å². The lowest BCUT2D eigenvalue weighted by molar-refractivity contribution is 0.296. The number of sulfonamides is 1. The summed E-state index contributed by atoms with van der Waals surface area (Å²) in [5.74, 6) is -0.909. The minimum absolute atomic E-state index is 0. The Morgan fingerprint density at radius 3 is 2.43 bits per heavy atom. The van der Waals surface area contributed by atoms with E-state index in [1.165, 1.54) is 23.5 Å². The fourth-order valence-corrected chi connectivity index (χ4v) is 4.36. The molecule has 0 aromatic heterocycles. The van der Waals surface area contributed by atoms with Gasteiger partial charge in [-0.3, -0.25) is 0 Å². The molecular formula is C12H16Cl3FN2O2S. The minimum atomic E-state index is -3.83. The van der Waals surface area contributed by atoms with Gasteiger partial charge in [0.25, 0.3) is 0 Å². The van der Waals surface area contributed by atoms with Crippen LogP contribution in [-0.4, -0.2) is 38.9 Å². The molecule has 21 heavy (non-hydrogen) atoms. The van der Waals surface area contributed by atoms with E-state index in [1.807, 2.05) is 0 Å². The molecule has 1 saturated heterocycles. The van der Waals surface area contributed by atoms with Crippen molar-refractivity contribution in [1.82, 2.24) is 9.62 Å². The highest BCUT2D eigenvalue weighted by Crippen LogP contribution is 2.32. The molecule has 9 heteroatoms. The van der Waals surface area contributed by atoms with Gasteiger partial charge in [0.15, 0.2) is 5.82 Å². The molecule has 120 valence electrons. The van der Waals surface area contributed by atoms with Crippen LogP contribution in [0.2, 0.25) is 10.0 Å². The predicted octanol–water partition coefficient (Wildman–Crippen LogP) is 2.93. The molecule has 1 fully saturated rings. The maximum absolute atomic E-state index is 13.7. The third-order valence-corrected chi connectivity index (χ3v) is 6.21. The smallest absolute Gasteiger partial charge is 0.244 e. The Kier molecular flexibility index (Phi) is 6.71. The summed E-state index contributed by atoms with van der Waals surface area (Å²) in [5.41, 5.74) is 0. The molecule has 1 N–H and O–H groups in total. The first-order valence-corrected chi connectivity index (χ1v) is 8.37. The number of rotatable bonds is 3. The molecular weight excluding hydrogens is 362 g/mol. The summed E-state index contributed by atoms with van der Waals surface area (Å²) >= 11 is 11.4. The van der Waals surface area contributed by atoms with E-state index in [0.717, 1.165) is 13.1 Å². The molecule has 0 unspecified atom stereocenters. The Balaban J connectivity index is 0.00000220. The van der Waals surface area contributed by atoms with Gasteiger partial charge in [-0.1, -0.05) is 23.2 Å². The molecule has 4 nitrogen and oxygen atoms in total. The van der Waals surface area contributed by atoms with Gasteiger partial charge >= 0.3 is 0 Å². The van der Waals surface area contributed by atoms with Crippen molar-refractivity contribution in [3.63, 3.8) is 0 Å². The molecule has 2 rings (SSSR count). The van der Waals surface area contributed by atoms with Crippen LogP contribution in [0.15, 0.2) is 17.0 Å². The Bertz CT molecular complexity index is 607. The predicted molar refractivity (Wildman–Crippen MR) is 84.5 cm³/mol. The maximum atomic E-state index is 13.7. The number of benzene rings is 1. The van der Waals surface area contributed by atoms with Crippen molar-refractivity contribution in [3.05, 3.63) is 28.0 Å². The van der Waals surface area contributed by atoms with E-state index in [4.69, 9.17) is 23.2 Å². The minimum Gasteiger partial charge on any atom is -0.317 e. The molecule has 0 atom stereocenters. The van der Waals surface area contributed by atoms with E-state index in [-0.39, 0.29) is 28.4 Å². The van der Waals surface area contributed by atoms with E-state index < -0.39 is 20.9 Å². The van der Waals surface area contributed by atoms with Crippen LogP contribution < -0.4 is 5.32 Å². The van der Waals surface area contributed by atoms with Crippen LogP contribution in [0.1, 0.15) is 12.8 Å². The second-order valence-corrected chi connectivity index (χ2v) is 7.43.